The SMILES string of the molecule is CC(C)c1ccc(-c2ccsc2)s1. The highest BCUT2D eigenvalue weighted by atomic mass is 32.1. The Hall–Kier alpha value is -0.600. The van der Waals surface area contributed by atoms with Crippen molar-refractivity contribution in [1.82, 2.24) is 0 Å². The van der Waals surface area contributed by atoms with Crippen LogP contribution in [-0.2, 0) is 0 Å². The van der Waals surface area contributed by atoms with Crippen LogP contribution in [0.3, 0.4) is 0 Å². The first kappa shape index (κ1) is 8.97. The van der Waals surface area contributed by atoms with Crippen LogP contribution < -0.4 is 0 Å². The van der Waals surface area contributed by atoms with Gasteiger partial charge in [0.1, 0.15) is 0 Å². The molecule has 0 unspecified atom stereocenters. The molecule has 0 aliphatic rings. The molecule has 2 heterocycles. The summed E-state index contributed by atoms with van der Waals surface area (Å²) in [5.74, 6) is 0.650. The zero-order valence-electron chi connectivity index (χ0n) is 7.78. The standard InChI is InChI=1S/C11H12S2/c1-8(2)10-3-4-11(13-10)9-5-6-12-7-9/h3-8H,1-2H3. The monoisotopic (exact) mass is 208 g/mol. The zero-order chi connectivity index (χ0) is 9.26. The number of hydrogen-bond donors (Lipinski definition) is 0. The van der Waals surface area contributed by atoms with Gasteiger partial charge in [0.05, 0.1) is 0 Å². The first-order chi connectivity index (χ1) is 6.27. The van der Waals surface area contributed by atoms with Crippen LogP contribution in [0.25, 0.3) is 10.4 Å². The van der Waals surface area contributed by atoms with Gasteiger partial charge in [-0.1, -0.05) is 13.8 Å². The normalized spacial score (nSPS) is 11.0. The number of thiophene rings is 2. The van der Waals surface area contributed by atoms with Crippen molar-refractivity contribution >= 4 is 22.7 Å². The van der Waals surface area contributed by atoms with Crippen molar-refractivity contribution in [3.8, 4) is 10.4 Å². The largest absolute Gasteiger partial charge is 0.152 e. The maximum absolute atomic E-state index is 2.24. The highest BCUT2D eigenvalue weighted by molar-refractivity contribution is 7.16. The predicted octanol–water partition coefficient (Wildman–Crippen LogP) is 4.60. The molecule has 2 rings (SSSR count). The molecule has 0 radical (unpaired) electrons. The molecule has 0 amide bonds. The summed E-state index contributed by atoms with van der Waals surface area (Å²) < 4.78 is 0. The molecule has 13 heavy (non-hydrogen) atoms. The predicted molar refractivity (Wildman–Crippen MR) is 61.7 cm³/mol. The summed E-state index contributed by atoms with van der Waals surface area (Å²) in [7, 11) is 0. The Kier molecular flexibility index (Phi) is 2.51. The highest BCUT2D eigenvalue weighted by Gasteiger charge is 2.05. The van der Waals surface area contributed by atoms with Gasteiger partial charge in [0.2, 0.25) is 0 Å². The van der Waals surface area contributed by atoms with Gasteiger partial charge in [-0.2, -0.15) is 11.3 Å². The lowest BCUT2D eigenvalue weighted by Gasteiger charge is -1.97. The van der Waals surface area contributed by atoms with Crippen molar-refractivity contribution < 1.29 is 0 Å². The van der Waals surface area contributed by atoms with Crippen molar-refractivity contribution in [1.29, 1.82) is 0 Å². The van der Waals surface area contributed by atoms with E-state index in [1.807, 2.05) is 11.3 Å². The van der Waals surface area contributed by atoms with Crippen LogP contribution in [0, 0.1) is 0 Å². The zero-order valence-corrected chi connectivity index (χ0v) is 9.41. The minimum atomic E-state index is 0.650. The lowest BCUT2D eigenvalue weighted by Crippen LogP contribution is -1.77. The van der Waals surface area contributed by atoms with E-state index in [4.69, 9.17) is 0 Å². The Labute approximate surface area is 86.9 Å². The second-order valence-electron chi connectivity index (χ2n) is 3.37. The van der Waals surface area contributed by atoms with E-state index in [1.54, 1.807) is 11.3 Å². The third-order valence-corrected chi connectivity index (χ3v) is 4.12. The molecule has 0 aliphatic carbocycles. The smallest absolute Gasteiger partial charge is 0.0354 e. The third-order valence-electron chi connectivity index (χ3n) is 2.00. The molecule has 0 N–H and O–H groups in total. The maximum atomic E-state index is 2.24. The topological polar surface area (TPSA) is 0 Å². The molecule has 0 atom stereocenters. The van der Waals surface area contributed by atoms with Gasteiger partial charge >= 0.3 is 0 Å². The van der Waals surface area contributed by atoms with Gasteiger partial charge in [0.25, 0.3) is 0 Å². The van der Waals surface area contributed by atoms with Crippen LogP contribution in [0.2, 0.25) is 0 Å². The Balaban J connectivity index is 2.33. The highest BCUT2D eigenvalue weighted by Crippen LogP contribution is 2.32. The minimum Gasteiger partial charge on any atom is -0.152 e. The molecule has 68 valence electrons. The molecule has 0 aromatic carbocycles. The van der Waals surface area contributed by atoms with E-state index in [0.29, 0.717) is 5.92 Å². The molecule has 0 aliphatic heterocycles. The third kappa shape index (κ3) is 1.84. The quantitative estimate of drug-likeness (QED) is 0.676. The average molecular weight is 208 g/mol. The molecule has 0 spiro atoms. The molecule has 0 fully saturated rings. The summed E-state index contributed by atoms with van der Waals surface area (Å²) in [6, 6.07) is 6.64. The lowest BCUT2D eigenvalue weighted by molar-refractivity contribution is 0.890. The second-order valence-corrected chi connectivity index (χ2v) is 5.26. The fourth-order valence-corrected chi connectivity index (χ4v) is 2.96. The molecule has 2 aromatic heterocycles. The van der Waals surface area contributed by atoms with Crippen molar-refractivity contribution in [2.24, 2.45) is 0 Å². The van der Waals surface area contributed by atoms with Gasteiger partial charge in [-0.15, -0.1) is 11.3 Å². The summed E-state index contributed by atoms with van der Waals surface area (Å²) in [6.45, 7) is 4.48. The Morgan fingerprint density at radius 3 is 2.54 bits per heavy atom. The fraction of sp³-hybridized carbons (Fsp3) is 0.273. The van der Waals surface area contributed by atoms with Crippen molar-refractivity contribution in [2.45, 2.75) is 19.8 Å². The van der Waals surface area contributed by atoms with E-state index in [0.717, 1.165) is 0 Å². The Bertz CT molecular complexity index is 368. The average Bonchev–Trinajstić information content (AvgIpc) is 2.75. The van der Waals surface area contributed by atoms with Gasteiger partial charge in [0, 0.05) is 15.3 Å². The van der Waals surface area contributed by atoms with Crippen LogP contribution in [0.15, 0.2) is 29.0 Å². The van der Waals surface area contributed by atoms with E-state index in [2.05, 4.69) is 42.8 Å². The van der Waals surface area contributed by atoms with E-state index in [9.17, 15) is 0 Å². The Morgan fingerprint density at radius 2 is 2.00 bits per heavy atom. The van der Waals surface area contributed by atoms with E-state index >= 15 is 0 Å². The van der Waals surface area contributed by atoms with Crippen molar-refractivity contribution in [3.63, 3.8) is 0 Å². The number of hydrogen-bond acceptors (Lipinski definition) is 2. The van der Waals surface area contributed by atoms with Gasteiger partial charge in [-0.3, -0.25) is 0 Å². The van der Waals surface area contributed by atoms with Gasteiger partial charge in [0.15, 0.2) is 0 Å². The summed E-state index contributed by atoms with van der Waals surface area (Å²) in [6.07, 6.45) is 0. The summed E-state index contributed by atoms with van der Waals surface area (Å²) >= 11 is 3.66. The molecular formula is C11H12S2. The summed E-state index contributed by atoms with van der Waals surface area (Å²) in [4.78, 5) is 2.87. The molecule has 0 saturated heterocycles. The molecule has 0 saturated carbocycles. The van der Waals surface area contributed by atoms with E-state index in [1.165, 1.54) is 15.3 Å². The lowest BCUT2D eigenvalue weighted by atomic mass is 10.2. The van der Waals surface area contributed by atoms with Gasteiger partial charge in [-0.05, 0) is 34.9 Å². The van der Waals surface area contributed by atoms with Crippen LogP contribution in [0.5, 0.6) is 0 Å². The van der Waals surface area contributed by atoms with Crippen LogP contribution in [0.4, 0.5) is 0 Å². The molecular weight excluding hydrogens is 196 g/mol. The van der Waals surface area contributed by atoms with Crippen LogP contribution in [0.1, 0.15) is 24.6 Å². The molecule has 0 nitrogen and oxygen atoms in total. The molecule has 2 heteroatoms. The van der Waals surface area contributed by atoms with Crippen LogP contribution in [-0.4, -0.2) is 0 Å². The van der Waals surface area contributed by atoms with Crippen molar-refractivity contribution in [2.75, 3.05) is 0 Å². The van der Waals surface area contributed by atoms with Gasteiger partial charge < -0.3 is 0 Å². The number of rotatable bonds is 2. The molecule has 0 bridgehead atoms. The van der Waals surface area contributed by atoms with Crippen molar-refractivity contribution in [3.05, 3.63) is 33.8 Å². The van der Waals surface area contributed by atoms with Crippen LogP contribution >= 0.6 is 22.7 Å². The van der Waals surface area contributed by atoms with E-state index in [-0.39, 0.29) is 0 Å². The first-order valence-corrected chi connectivity index (χ1v) is 6.15. The molecule has 2 aromatic rings. The minimum absolute atomic E-state index is 0.650. The fourth-order valence-electron chi connectivity index (χ4n) is 1.22. The summed E-state index contributed by atoms with van der Waals surface area (Å²) in [5, 5.41) is 4.33. The maximum Gasteiger partial charge on any atom is 0.0354 e. The first-order valence-electron chi connectivity index (χ1n) is 4.39. The van der Waals surface area contributed by atoms with Gasteiger partial charge in [-0.25, -0.2) is 0 Å². The van der Waals surface area contributed by atoms with E-state index < -0.39 is 0 Å². The second kappa shape index (κ2) is 3.64. The summed E-state index contributed by atoms with van der Waals surface area (Å²) in [5.41, 5.74) is 1.36. The Morgan fingerprint density at radius 1 is 1.15 bits per heavy atom.